The molecular formula is C13H29N3. The van der Waals surface area contributed by atoms with Gasteiger partial charge in [-0.2, -0.15) is 0 Å². The van der Waals surface area contributed by atoms with Crippen LogP contribution in [0.25, 0.3) is 0 Å². The van der Waals surface area contributed by atoms with E-state index in [4.69, 9.17) is 0 Å². The lowest BCUT2D eigenvalue weighted by atomic mass is 9.94. The quantitative estimate of drug-likeness (QED) is 0.612. The van der Waals surface area contributed by atoms with Gasteiger partial charge in [0.2, 0.25) is 0 Å². The van der Waals surface area contributed by atoms with E-state index in [-0.39, 0.29) is 0 Å². The van der Waals surface area contributed by atoms with Crippen molar-refractivity contribution in [1.82, 2.24) is 15.5 Å². The van der Waals surface area contributed by atoms with Crippen LogP contribution in [0.5, 0.6) is 0 Å². The van der Waals surface area contributed by atoms with Gasteiger partial charge in [0.15, 0.2) is 0 Å². The standard InChI is InChI=1S/C13H29N3/c1-14-8-3-4-9-15-10-5-13-6-11-16(2)12-7-13/h13-15H,3-12H2,1-2H3. The highest BCUT2D eigenvalue weighted by Gasteiger charge is 2.15. The fourth-order valence-electron chi connectivity index (χ4n) is 2.33. The first-order chi connectivity index (χ1) is 7.83. The van der Waals surface area contributed by atoms with Gasteiger partial charge in [-0.1, -0.05) is 0 Å². The second kappa shape index (κ2) is 8.97. The zero-order valence-electron chi connectivity index (χ0n) is 11.1. The van der Waals surface area contributed by atoms with Gasteiger partial charge in [-0.15, -0.1) is 0 Å². The van der Waals surface area contributed by atoms with Crippen molar-refractivity contribution in [2.45, 2.75) is 32.1 Å². The van der Waals surface area contributed by atoms with Crippen LogP contribution in [0.3, 0.4) is 0 Å². The van der Waals surface area contributed by atoms with Gasteiger partial charge >= 0.3 is 0 Å². The molecule has 0 atom stereocenters. The zero-order valence-corrected chi connectivity index (χ0v) is 11.1. The number of unbranched alkanes of at least 4 members (excludes halogenated alkanes) is 1. The number of rotatable bonds is 8. The third-order valence-corrected chi connectivity index (χ3v) is 3.60. The van der Waals surface area contributed by atoms with Gasteiger partial charge in [0, 0.05) is 0 Å². The molecule has 2 N–H and O–H groups in total. The Morgan fingerprint density at radius 3 is 2.44 bits per heavy atom. The van der Waals surface area contributed by atoms with Crippen molar-refractivity contribution >= 4 is 0 Å². The Labute approximate surface area is 101 Å². The van der Waals surface area contributed by atoms with Crippen LogP contribution in [-0.4, -0.2) is 51.7 Å². The lowest BCUT2D eigenvalue weighted by Gasteiger charge is -2.28. The van der Waals surface area contributed by atoms with E-state index in [0.29, 0.717) is 0 Å². The molecule has 0 unspecified atom stereocenters. The van der Waals surface area contributed by atoms with E-state index in [1.165, 1.54) is 58.3 Å². The van der Waals surface area contributed by atoms with Gasteiger partial charge in [0.05, 0.1) is 0 Å². The van der Waals surface area contributed by atoms with Crippen LogP contribution in [-0.2, 0) is 0 Å². The van der Waals surface area contributed by atoms with Crippen molar-refractivity contribution in [2.24, 2.45) is 5.92 Å². The Balaban J connectivity index is 1.84. The normalized spacial score (nSPS) is 19.1. The molecule has 1 aliphatic rings. The average Bonchev–Trinajstić information content (AvgIpc) is 2.30. The van der Waals surface area contributed by atoms with E-state index in [0.717, 1.165) is 12.5 Å². The fraction of sp³-hybridized carbons (Fsp3) is 1.00. The maximum Gasteiger partial charge on any atom is -0.00191 e. The molecule has 0 bridgehead atoms. The molecule has 1 saturated heterocycles. The Kier molecular flexibility index (Phi) is 7.81. The van der Waals surface area contributed by atoms with Crippen molar-refractivity contribution < 1.29 is 0 Å². The minimum Gasteiger partial charge on any atom is -0.320 e. The Bertz CT molecular complexity index is 153. The minimum absolute atomic E-state index is 0.973. The average molecular weight is 227 g/mol. The Hall–Kier alpha value is -0.120. The number of hydrogen-bond donors (Lipinski definition) is 2. The van der Waals surface area contributed by atoms with Crippen molar-refractivity contribution in [2.75, 3.05) is 46.8 Å². The maximum absolute atomic E-state index is 3.56. The molecule has 0 radical (unpaired) electrons. The molecule has 0 aromatic carbocycles. The Morgan fingerprint density at radius 1 is 1.06 bits per heavy atom. The van der Waals surface area contributed by atoms with Gasteiger partial charge in [-0.25, -0.2) is 0 Å². The maximum atomic E-state index is 3.56. The summed E-state index contributed by atoms with van der Waals surface area (Å²) < 4.78 is 0. The van der Waals surface area contributed by atoms with Crippen molar-refractivity contribution in [3.8, 4) is 0 Å². The summed E-state index contributed by atoms with van der Waals surface area (Å²) in [6.07, 6.45) is 6.77. The zero-order chi connectivity index (χ0) is 11.6. The second-order valence-corrected chi connectivity index (χ2v) is 5.10. The van der Waals surface area contributed by atoms with Crippen LogP contribution in [0.4, 0.5) is 0 Å². The summed E-state index contributed by atoms with van der Waals surface area (Å²) in [5, 5.41) is 6.74. The molecule has 3 nitrogen and oxygen atoms in total. The molecule has 0 aromatic heterocycles. The van der Waals surface area contributed by atoms with Crippen LogP contribution < -0.4 is 10.6 Å². The Morgan fingerprint density at radius 2 is 1.75 bits per heavy atom. The number of nitrogens with zero attached hydrogens (tertiary/aromatic N) is 1. The molecule has 1 heterocycles. The summed E-state index contributed by atoms with van der Waals surface area (Å²) in [7, 11) is 4.25. The number of piperidine rings is 1. The predicted octanol–water partition coefficient (Wildman–Crippen LogP) is 1.31. The molecule has 16 heavy (non-hydrogen) atoms. The summed E-state index contributed by atoms with van der Waals surface area (Å²) >= 11 is 0. The van der Waals surface area contributed by atoms with E-state index < -0.39 is 0 Å². The summed E-state index contributed by atoms with van der Waals surface area (Å²) in [4.78, 5) is 2.45. The van der Waals surface area contributed by atoms with Crippen LogP contribution in [0.2, 0.25) is 0 Å². The number of hydrogen-bond acceptors (Lipinski definition) is 3. The molecule has 1 fully saturated rings. The van der Waals surface area contributed by atoms with Gasteiger partial charge in [0.1, 0.15) is 0 Å². The van der Waals surface area contributed by atoms with Crippen LogP contribution in [0, 0.1) is 5.92 Å². The van der Waals surface area contributed by atoms with Gasteiger partial charge in [0.25, 0.3) is 0 Å². The highest BCUT2D eigenvalue weighted by Crippen LogP contribution is 2.18. The fourth-order valence-corrected chi connectivity index (χ4v) is 2.33. The van der Waals surface area contributed by atoms with Crippen molar-refractivity contribution in [3.05, 3.63) is 0 Å². The summed E-state index contributed by atoms with van der Waals surface area (Å²) in [6.45, 7) is 6.15. The molecule has 3 heteroatoms. The summed E-state index contributed by atoms with van der Waals surface area (Å²) in [5.74, 6) is 0.973. The largest absolute Gasteiger partial charge is 0.320 e. The van der Waals surface area contributed by atoms with Crippen LogP contribution in [0.15, 0.2) is 0 Å². The van der Waals surface area contributed by atoms with Gasteiger partial charge in [-0.05, 0) is 84.8 Å². The highest BCUT2D eigenvalue weighted by molar-refractivity contribution is 4.70. The van der Waals surface area contributed by atoms with Crippen LogP contribution in [0.1, 0.15) is 32.1 Å². The second-order valence-electron chi connectivity index (χ2n) is 5.10. The van der Waals surface area contributed by atoms with E-state index in [9.17, 15) is 0 Å². The smallest absolute Gasteiger partial charge is 0.00191 e. The minimum atomic E-state index is 0.973. The van der Waals surface area contributed by atoms with Crippen LogP contribution >= 0.6 is 0 Å². The van der Waals surface area contributed by atoms with Gasteiger partial charge in [-0.3, -0.25) is 0 Å². The lowest BCUT2D eigenvalue weighted by molar-refractivity contribution is 0.211. The molecular weight excluding hydrogens is 198 g/mol. The first-order valence-electron chi connectivity index (χ1n) is 6.87. The third kappa shape index (κ3) is 6.46. The molecule has 0 spiro atoms. The van der Waals surface area contributed by atoms with E-state index >= 15 is 0 Å². The van der Waals surface area contributed by atoms with E-state index in [1.54, 1.807) is 0 Å². The lowest BCUT2D eigenvalue weighted by Crippen LogP contribution is -2.31. The molecule has 0 aliphatic carbocycles. The van der Waals surface area contributed by atoms with Crippen molar-refractivity contribution in [1.29, 1.82) is 0 Å². The first kappa shape index (κ1) is 13.9. The molecule has 0 saturated carbocycles. The SMILES string of the molecule is CNCCCCNCCC1CCN(C)CC1. The third-order valence-electron chi connectivity index (χ3n) is 3.60. The summed E-state index contributed by atoms with van der Waals surface area (Å²) in [6, 6.07) is 0. The van der Waals surface area contributed by atoms with Gasteiger partial charge < -0.3 is 15.5 Å². The molecule has 96 valence electrons. The van der Waals surface area contributed by atoms with Crippen molar-refractivity contribution in [3.63, 3.8) is 0 Å². The van der Waals surface area contributed by atoms with E-state index in [2.05, 4.69) is 22.6 Å². The first-order valence-corrected chi connectivity index (χ1v) is 6.87. The highest BCUT2D eigenvalue weighted by atomic mass is 15.1. The number of likely N-dealkylation sites (tertiary alicyclic amines) is 1. The topological polar surface area (TPSA) is 27.3 Å². The monoisotopic (exact) mass is 227 g/mol. The molecule has 0 amide bonds. The predicted molar refractivity (Wildman–Crippen MR) is 70.9 cm³/mol. The molecule has 0 aromatic rings. The van der Waals surface area contributed by atoms with E-state index in [1.807, 2.05) is 7.05 Å². The summed E-state index contributed by atoms with van der Waals surface area (Å²) in [5.41, 5.74) is 0. The molecule has 1 rings (SSSR count). The molecule has 1 aliphatic heterocycles. The number of nitrogens with one attached hydrogen (secondary N) is 2.